The van der Waals surface area contributed by atoms with Crippen LogP contribution >= 0.6 is 11.6 Å². The highest BCUT2D eigenvalue weighted by Gasteiger charge is 2.46. The summed E-state index contributed by atoms with van der Waals surface area (Å²) in [7, 11) is 1.52. The molecule has 0 aliphatic carbocycles. The highest BCUT2D eigenvalue weighted by Crippen LogP contribution is 2.31. The zero-order valence-electron chi connectivity index (χ0n) is 16.1. The third kappa shape index (κ3) is 3.63. The van der Waals surface area contributed by atoms with E-state index < -0.39 is 6.04 Å². The maximum atomic E-state index is 13.0. The molecule has 8 heteroatoms. The molecule has 0 bridgehead atoms. The minimum atomic E-state index is -0.394. The molecule has 2 aliphatic rings. The van der Waals surface area contributed by atoms with Gasteiger partial charge in [0.1, 0.15) is 11.5 Å². The number of para-hydroxylation sites is 2. The summed E-state index contributed by atoms with van der Waals surface area (Å²) in [6, 6.07) is 11.8. The Hall–Kier alpha value is -2.77. The maximum absolute atomic E-state index is 13.0. The van der Waals surface area contributed by atoms with Crippen LogP contribution < -0.4 is 19.4 Å². The molecule has 2 amide bonds. The van der Waals surface area contributed by atoms with E-state index in [1.165, 1.54) is 12.0 Å². The molecular weight excluding hydrogens is 394 g/mol. The normalized spacial score (nSPS) is 20.4. The Morgan fingerprint density at radius 3 is 2.52 bits per heavy atom. The van der Waals surface area contributed by atoms with Crippen LogP contribution in [0.2, 0.25) is 5.02 Å². The van der Waals surface area contributed by atoms with E-state index in [9.17, 15) is 14.7 Å². The monoisotopic (exact) mass is 416 g/mol. The van der Waals surface area contributed by atoms with Gasteiger partial charge in [-0.05, 0) is 30.3 Å². The molecule has 2 saturated heterocycles. The number of phenolic OH excluding ortho intramolecular Hbond substituents is 1. The van der Waals surface area contributed by atoms with Crippen molar-refractivity contribution in [2.75, 3.05) is 43.1 Å². The van der Waals surface area contributed by atoms with Crippen molar-refractivity contribution in [2.24, 2.45) is 0 Å². The van der Waals surface area contributed by atoms with Gasteiger partial charge in [0.2, 0.25) is 5.91 Å². The highest BCUT2D eigenvalue weighted by molar-refractivity contribution is 6.32. The minimum Gasteiger partial charge on any atom is -0.506 e. The van der Waals surface area contributed by atoms with Crippen LogP contribution in [0.3, 0.4) is 0 Å². The fraction of sp³-hybridized carbons (Fsp3) is 0.333. The number of ether oxygens (including phenoxy) is 1. The average Bonchev–Trinajstić information content (AvgIpc) is 3.02. The molecule has 2 fully saturated rings. The molecule has 2 N–H and O–H groups in total. The average molecular weight is 417 g/mol. The number of rotatable bonds is 4. The number of phenols is 1. The van der Waals surface area contributed by atoms with Gasteiger partial charge in [-0.1, -0.05) is 23.7 Å². The van der Waals surface area contributed by atoms with E-state index >= 15 is 0 Å². The number of piperazine rings is 1. The summed E-state index contributed by atoms with van der Waals surface area (Å²) in [6.45, 7) is 2.85. The molecule has 29 heavy (non-hydrogen) atoms. The SMILES string of the molecule is COc1ccc(N2C(=O)C[C@@H]([NH+]3CCN(c4ccccc4O)CC3)C2=O)cc1Cl. The van der Waals surface area contributed by atoms with Crippen LogP contribution in [0.25, 0.3) is 0 Å². The van der Waals surface area contributed by atoms with Crippen molar-refractivity contribution in [1.82, 2.24) is 0 Å². The number of amides is 2. The van der Waals surface area contributed by atoms with Crippen LogP contribution in [-0.2, 0) is 9.59 Å². The van der Waals surface area contributed by atoms with Gasteiger partial charge in [-0.2, -0.15) is 0 Å². The molecule has 152 valence electrons. The maximum Gasteiger partial charge on any atom is 0.292 e. The lowest BCUT2D eigenvalue weighted by Crippen LogP contribution is -3.19. The molecule has 2 heterocycles. The summed E-state index contributed by atoms with van der Waals surface area (Å²) in [5.74, 6) is 0.349. The number of nitrogens with zero attached hydrogens (tertiary/aromatic N) is 2. The van der Waals surface area contributed by atoms with E-state index in [0.717, 1.165) is 23.7 Å². The Morgan fingerprint density at radius 1 is 1.14 bits per heavy atom. The third-order valence-electron chi connectivity index (χ3n) is 5.66. The number of halogens is 1. The van der Waals surface area contributed by atoms with E-state index in [1.807, 2.05) is 12.1 Å². The number of carbonyl (C=O) groups excluding carboxylic acids is 2. The van der Waals surface area contributed by atoms with Crippen LogP contribution in [0.1, 0.15) is 6.42 Å². The molecule has 4 rings (SSSR count). The summed E-state index contributed by atoms with van der Waals surface area (Å²) in [6.07, 6.45) is 0.189. The molecule has 0 radical (unpaired) electrons. The van der Waals surface area contributed by atoms with Gasteiger partial charge in [-0.25, -0.2) is 4.90 Å². The van der Waals surface area contributed by atoms with Crippen LogP contribution in [-0.4, -0.2) is 56.3 Å². The smallest absolute Gasteiger partial charge is 0.292 e. The van der Waals surface area contributed by atoms with Gasteiger partial charge >= 0.3 is 0 Å². The molecule has 2 aromatic rings. The topological polar surface area (TPSA) is 74.5 Å². The Bertz CT molecular complexity index is 943. The number of methoxy groups -OCH3 is 1. The van der Waals surface area contributed by atoms with Crippen LogP contribution in [0, 0.1) is 0 Å². The molecule has 0 saturated carbocycles. The van der Waals surface area contributed by atoms with Crippen molar-refractivity contribution in [3.05, 3.63) is 47.5 Å². The van der Waals surface area contributed by atoms with Gasteiger partial charge in [-0.3, -0.25) is 9.59 Å². The van der Waals surface area contributed by atoms with E-state index in [2.05, 4.69) is 4.90 Å². The minimum absolute atomic E-state index is 0.189. The summed E-state index contributed by atoms with van der Waals surface area (Å²) >= 11 is 6.17. The lowest BCUT2D eigenvalue weighted by Gasteiger charge is -2.35. The second kappa shape index (κ2) is 7.93. The van der Waals surface area contributed by atoms with E-state index in [0.29, 0.717) is 29.5 Å². The number of hydrogen-bond donors (Lipinski definition) is 2. The van der Waals surface area contributed by atoms with Gasteiger partial charge in [0, 0.05) is 0 Å². The summed E-state index contributed by atoms with van der Waals surface area (Å²) in [5.41, 5.74) is 1.27. The third-order valence-corrected chi connectivity index (χ3v) is 5.96. The van der Waals surface area contributed by atoms with Crippen molar-refractivity contribution in [3.8, 4) is 11.5 Å². The molecule has 0 aromatic heterocycles. The molecular formula is C21H23ClN3O4+. The Balaban J connectivity index is 1.46. The summed E-state index contributed by atoms with van der Waals surface area (Å²) in [5, 5.41) is 10.4. The lowest BCUT2D eigenvalue weighted by molar-refractivity contribution is -0.915. The first-order chi connectivity index (χ1) is 14.0. The number of benzene rings is 2. The Kier molecular flexibility index (Phi) is 5.34. The number of anilines is 2. The molecule has 2 aliphatic heterocycles. The standard InChI is InChI=1S/C21H22ClN3O4/c1-29-19-7-6-14(12-15(19)22)25-20(27)13-17(21(25)28)24-10-8-23(9-11-24)16-4-2-3-5-18(16)26/h2-7,12,17,26H,8-11,13H2,1H3/p+1/t17-/m1/s1. The number of quaternary nitrogens is 1. The first kappa shape index (κ1) is 19.5. The first-order valence-electron chi connectivity index (χ1n) is 9.57. The zero-order valence-corrected chi connectivity index (χ0v) is 16.9. The zero-order chi connectivity index (χ0) is 20.5. The Morgan fingerprint density at radius 2 is 1.86 bits per heavy atom. The number of nitrogens with one attached hydrogen (secondary N) is 1. The second-order valence-electron chi connectivity index (χ2n) is 7.28. The van der Waals surface area contributed by atoms with E-state index in [-0.39, 0.29) is 24.0 Å². The van der Waals surface area contributed by atoms with Crippen molar-refractivity contribution in [1.29, 1.82) is 0 Å². The summed E-state index contributed by atoms with van der Waals surface area (Å²) < 4.78 is 5.14. The predicted octanol–water partition coefficient (Wildman–Crippen LogP) is 1.09. The largest absolute Gasteiger partial charge is 0.506 e. The van der Waals surface area contributed by atoms with Crippen molar-refractivity contribution in [2.45, 2.75) is 12.5 Å². The number of hydrogen-bond acceptors (Lipinski definition) is 5. The Labute approximate surface area is 174 Å². The number of carbonyl (C=O) groups is 2. The number of aromatic hydroxyl groups is 1. The second-order valence-corrected chi connectivity index (χ2v) is 7.68. The van der Waals surface area contributed by atoms with Crippen molar-refractivity contribution < 1.29 is 24.3 Å². The van der Waals surface area contributed by atoms with Gasteiger partial charge in [0.05, 0.1) is 56.1 Å². The molecule has 1 atom stereocenters. The van der Waals surface area contributed by atoms with Crippen LogP contribution in [0.5, 0.6) is 11.5 Å². The van der Waals surface area contributed by atoms with Crippen LogP contribution in [0.4, 0.5) is 11.4 Å². The summed E-state index contributed by atoms with van der Waals surface area (Å²) in [4.78, 5) is 30.1. The highest BCUT2D eigenvalue weighted by atomic mass is 35.5. The fourth-order valence-electron chi connectivity index (χ4n) is 4.13. The van der Waals surface area contributed by atoms with Crippen molar-refractivity contribution in [3.63, 3.8) is 0 Å². The van der Waals surface area contributed by atoms with Gasteiger partial charge in [0.15, 0.2) is 6.04 Å². The molecule has 0 unspecified atom stereocenters. The molecule has 0 spiro atoms. The van der Waals surface area contributed by atoms with Gasteiger partial charge < -0.3 is 19.6 Å². The van der Waals surface area contributed by atoms with Crippen LogP contribution in [0.15, 0.2) is 42.5 Å². The molecule has 7 nitrogen and oxygen atoms in total. The molecule has 2 aromatic carbocycles. The predicted molar refractivity (Wildman–Crippen MR) is 110 cm³/mol. The van der Waals surface area contributed by atoms with Gasteiger partial charge in [0.25, 0.3) is 5.91 Å². The van der Waals surface area contributed by atoms with Crippen molar-refractivity contribution >= 4 is 34.8 Å². The van der Waals surface area contributed by atoms with E-state index in [4.69, 9.17) is 16.3 Å². The van der Waals surface area contributed by atoms with Gasteiger partial charge in [-0.15, -0.1) is 0 Å². The fourth-order valence-corrected chi connectivity index (χ4v) is 4.38. The number of imide groups is 1. The van der Waals surface area contributed by atoms with E-state index in [1.54, 1.807) is 30.3 Å². The first-order valence-corrected chi connectivity index (χ1v) is 9.95. The lowest BCUT2D eigenvalue weighted by atomic mass is 10.1. The quantitative estimate of drug-likeness (QED) is 0.730.